The van der Waals surface area contributed by atoms with E-state index in [-0.39, 0.29) is 36.5 Å². The summed E-state index contributed by atoms with van der Waals surface area (Å²) in [6.07, 6.45) is 3.94. The lowest BCUT2D eigenvalue weighted by molar-refractivity contribution is -0.0755. The zero-order chi connectivity index (χ0) is 19.5. The Bertz CT molecular complexity index is 826. The second kappa shape index (κ2) is 8.06. The second-order valence-corrected chi connectivity index (χ2v) is 7.34. The van der Waals surface area contributed by atoms with Gasteiger partial charge in [0.1, 0.15) is 12.4 Å². The van der Waals surface area contributed by atoms with E-state index in [0.717, 1.165) is 5.56 Å². The Morgan fingerprint density at radius 1 is 1.11 bits per heavy atom. The van der Waals surface area contributed by atoms with Gasteiger partial charge in [-0.15, -0.1) is 0 Å². The van der Waals surface area contributed by atoms with Crippen LogP contribution >= 0.6 is 0 Å². The Hall–Kier alpha value is -2.80. The molecule has 2 unspecified atom stereocenters. The third kappa shape index (κ3) is 3.89. The molecule has 3 heterocycles. The summed E-state index contributed by atoms with van der Waals surface area (Å²) in [6, 6.07) is 9.29. The van der Waals surface area contributed by atoms with E-state index in [4.69, 9.17) is 9.47 Å². The molecule has 2 aliphatic heterocycles. The van der Waals surface area contributed by atoms with Crippen LogP contribution in [0.4, 0.5) is 4.79 Å². The molecule has 0 aliphatic carbocycles. The monoisotopic (exact) mass is 381 g/mol. The van der Waals surface area contributed by atoms with Gasteiger partial charge in [-0.3, -0.25) is 9.69 Å². The zero-order valence-electron chi connectivity index (χ0n) is 15.8. The van der Waals surface area contributed by atoms with Crippen LogP contribution in [0.5, 0.6) is 0 Å². The maximum absolute atomic E-state index is 12.9. The highest BCUT2D eigenvalue weighted by Crippen LogP contribution is 2.34. The van der Waals surface area contributed by atoms with Crippen LogP contribution in [0.15, 0.2) is 42.7 Å². The number of amides is 1. The number of Topliss-reactive ketones (excluding diaryl/α,β-unsaturated/α-hetero) is 1. The minimum atomic E-state index is -0.341. The summed E-state index contributed by atoms with van der Waals surface area (Å²) in [5, 5.41) is 0. The minimum absolute atomic E-state index is 0.0363. The smallest absolute Gasteiger partial charge is 0.410 e. The van der Waals surface area contributed by atoms with Gasteiger partial charge in [0.15, 0.2) is 5.78 Å². The van der Waals surface area contributed by atoms with Gasteiger partial charge in [-0.1, -0.05) is 30.3 Å². The van der Waals surface area contributed by atoms with E-state index < -0.39 is 0 Å². The molecule has 0 spiro atoms. The summed E-state index contributed by atoms with van der Waals surface area (Å²) in [7, 11) is 0. The molecule has 2 atom stereocenters. The lowest BCUT2D eigenvalue weighted by Gasteiger charge is -2.47. The number of rotatable bonds is 4. The molecule has 7 heteroatoms. The van der Waals surface area contributed by atoms with Crippen molar-refractivity contribution in [2.24, 2.45) is 5.92 Å². The molecule has 1 amide bonds. The molecular weight excluding hydrogens is 358 g/mol. The average Bonchev–Trinajstić information content (AvgIpc) is 2.72. The minimum Gasteiger partial charge on any atom is -0.445 e. The summed E-state index contributed by atoms with van der Waals surface area (Å²) in [4.78, 5) is 35.6. The number of carbonyl (C=O) groups is 2. The van der Waals surface area contributed by atoms with E-state index in [0.29, 0.717) is 37.4 Å². The van der Waals surface area contributed by atoms with Crippen LogP contribution in [-0.2, 0) is 16.1 Å². The van der Waals surface area contributed by atoms with Crippen molar-refractivity contribution in [3.63, 3.8) is 0 Å². The molecular formula is C21H23N3O4. The molecule has 0 saturated carbocycles. The Kier molecular flexibility index (Phi) is 5.34. The molecule has 28 heavy (non-hydrogen) atoms. The predicted octanol–water partition coefficient (Wildman–Crippen LogP) is 2.78. The lowest BCUT2D eigenvalue weighted by atomic mass is 9.81. The first-order valence-corrected chi connectivity index (χ1v) is 9.51. The van der Waals surface area contributed by atoms with E-state index in [1.165, 1.54) is 0 Å². The van der Waals surface area contributed by atoms with Gasteiger partial charge in [-0.05, 0) is 25.3 Å². The Morgan fingerprint density at radius 2 is 1.75 bits per heavy atom. The number of aromatic nitrogens is 2. The molecule has 1 aromatic heterocycles. The highest BCUT2D eigenvalue weighted by atomic mass is 16.6. The largest absolute Gasteiger partial charge is 0.445 e. The number of ketones is 1. The van der Waals surface area contributed by atoms with Crippen LogP contribution in [0, 0.1) is 12.8 Å². The summed E-state index contributed by atoms with van der Waals surface area (Å²) < 4.78 is 11.2. The van der Waals surface area contributed by atoms with Gasteiger partial charge >= 0.3 is 6.09 Å². The van der Waals surface area contributed by atoms with Crippen molar-refractivity contribution in [1.82, 2.24) is 14.9 Å². The fraction of sp³-hybridized carbons (Fsp3) is 0.429. The number of fused-ring (bicyclic) bond motifs is 2. The maximum Gasteiger partial charge on any atom is 0.410 e. The molecule has 2 bridgehead atoms. The van der Waals surface area contributed by atoms with E-state index in [9.17, 15) is 9.59 Å². The predicted molar refractivity (Wildman–Crippen MR) is 101 cm³/mol. The van der Waals surface area contributed by atoms with Gasteiger partial charge in [0.05, 0.1) is 30.9 Å². The number of hydrogen-bond acceptors (Lipinski definition) is 6. The zero-order valence-corrected chi connectivity index (χ0v) is 15.8. The Labute approximate surface area is 163 Å². The molecule has 2 aromatic rings. The van der Waals surface area contributed by atoms with Crippen molar-refractivity contribution in [2.75, 3.05) is 13.2 Å². The molecule has 7 nitrogen and oxygen atoms in total. The number of benzene rings is 1. The van der Waals surface area contributed by atoms with E-state index >= 15 is 0 Å². The molecule has 2 saturated heterocycles. The first kappa shape index (κ1) is 18.6. The van der Waals surface area contributed by atoms with Gasteiger partial charge in [0.25, 0.3) is 0 Å². The van der Waals surface area contributed by atoms with Crippen molar-refractivity contribution in [1.29, 1.82) is 0 Å². The highest BCUT2D eigenvalue weighted by Gasteiger charge is 2.44. The third-order valence-electron chi connectivity index (χ3n) is 5.37. The molecule has 4 rings (SSSR count). The fourth-order valence-electron chi connectivity index (χ4n) is 3.98. The second-order valence-electron chi connectivity index (χ2n) is 7.34. The number of piperidine rings is 1. The fourth-order valence-corrected chi connectivity index (χ4v) is 3.98. The van der Waals surface area contributed by atoms with Crippen molar-refractivity contribution in [2.45, 2.75) is 38.5 Å². The number of ether oxygens (including phenoxy) is 2. The summed E-state index contributed by atoms with van der Waals surface area (Å²) >= 11 is 0. The van der Waals surface area contributed by atoms with Crippen LogP contribution in [0.25, 0.3) is 0 Å². The van der Waals surface area contributed by atoms with E-state index in [1.807, 2.05) is 30.3 Å². The number of carbonyl (C=O) groups excluding carboxylic acids is 2. The van der Waals surface area contributed by atoms with E-state index in [1.54, 1.807) is 24.2 Å². The Balaban J connectivity index is 1.42. The third-order valence-corrected chi connectivity index (χ3v) is 5.37. The molecule has 2 fully saturated rings. The van der Waals surface area contributed by atoms with Crippen LogP contribution in [0.1, 0.15) is 34.6 Å². The number of aryl methyl sites for hydroxylation is 1. The Morgan fingerprint density at radius 3 is 2.39 bits per heavy atom. The van der Waals surface area contributed by atoms with Crippen molar-refractivity contribution < 1.29 is 19.1 Å². The van der Waals surface area contributed by atoms with Crippen molar-refractivity contribution in [3.05, 3.63) is 59.7 Å². The lowest BCUT2D eigenvalue weighted by Crippen LogP contribution is -2.59. The summed E-state index contributed by atoms with van der Waals surface area (Å²) in [5.41, 5.74) is 1.47. The summed E-state index contributed by atoms with van der Waals surface area (Å²) in [5.74, 6) is 0.510. The maximum atomic E-state index is 12.9. The van der Waals surface area contributed by atoms with Gasteiger partial charge in [0.2, 0.25) is 0 Å². The molecule has 0 N–H and O–H groups in total. The molecule has 0 radical (unpaired) electrons. The standard InChI is InChI=1S/C21H23N3O4/c1-14-22-9-17(10-23-14)20(25)16-7-18-12-27-13-19(8-16)24(18)21(26)28-11-15-5-3-2-4-6-15/h2-6,9-10,16,18-19H,7-8,11-13H2,1H3. The average molecular weight is 381 g/mol. The van der Waals surface area contributed by atoms with E-state index in [2.05, 4.69) is 9.97 Å². The van der Waals surface area contributed by atoms with Crippen LogP contribution in [0.2, 0.25) is 0 Å². The van der Waals surface area contributed by atoms with Gasteiger partial charge in [-0.2, -0.15) is 0 Å². The van der Waals surface area contributed by atoms with Gasteiger partial charge in [0, 0.05) is 18.3 Å². The number of morpholine rings is 1. The first-order valence-electron chi connectivity index (χ1n) is 9.51. The van der Waals surface area contributed by atoms with Crippen LogP contribution in [0.3, 0.4) is 0 Å². The number of hydrogen-bond donors (Lipinski definition) is 0. The molecule has 2 aliphatic rings. The van der Waals surface area contributed by atoms with Crippen LogP contribution in [-0.4, -0.2) is 52.0 Å². The normalized spacial score (nSPS) is 23.9. The van der Waals surface area contributed by atoms with Gasteiger partial charge < -0.3 is 9.47 Å². The van der Waals surface area contributed by atoms with Crippen molar-refractivity contribution >= 4 is 11.9 Å². The topological polar surface area (TPSA) is 81.6 Å². The van der Waals surface area contributed by atoms with Gasteiger partial charge in [-0.25, -0.2) is 14.8 Å². The quantitative estimate of drug-likeness (QED) is 0.758. The van der Waals surface area contributed by atoms with Crippen molar-refractivity contribution in [3.8, 4) is 0 Å². The molecule has 1 aromatic carbocycles. The number of nitrogens with zero attached hydrogens (tertiary/aromatic N) is 3. The molecule has 146 valence electrons. The first-order chi connectivity index (χ1) is 13.6. The van der Waals surface area contributed by atoms with Crippen LogP contribution < -0.4 is 0 Å². The summed E-state index contributed by atoms with van der Waals surface area (Å²) in [6.45, 7) is 2.87. The SMILES string of the molecule is Cc1ncc(C(=O)C2CC3COCC(C2)N3C(=O)OCc2ccccc2)cn1. The highest BCUT2D eigenvalue weighted by molar-refractivity contribution is 5.97.